The first-order chi connectivity index (χ1) is 17.9. The highest BCUT2D eigenvalue weighted by Crippen LogP contribution is 2.29. The molecule has 0 bridgehead atoms. The monoisotopic (exact) mass is 496 g/mol. The smallest absolute Gasteiger partial charge is 0.252 e. The Bertz CT molecular complexity index is 1440. The molecule has 8 nitrogen and oxygen atoms in total. The molecular weight excluding hydrogens is 464 g/mol. The molecule has 1 atom stereocenters. The first-order valence-electron chi connectivity index (χ1n) is 12.3. The molecule has 0 aliphatic carbocycles. The summed E-state index contributed by atoms with van der Waals surface area (Å²) >= 11 is 0. The molecule has 0 saturated carbocycles. The number of hydrogen-bond acceptors (Lipinski definition) is 6. The Hall–Kier alpha value is -4.22. The number of benzene rings is 2. The standard InChI is InChI=1S/C29H32N6O2/c1-20-10-11-23(37-15-14-34(3)4)16-25(20)29(36)32-21(2)26-17-28(33-27-9-6-5-8-24(26)27)22-18-31-35(19-22)13-7-12-30/h5-6,8-11,16-19,21H,7,13-15H2,1-4H3,(H,32,36)/t21-/m1/s1. The zero-order valence-electron chi connectivity index (χ0n) is 21.7. The first-order valence-corrected chi connectivity index (χ1v) is 12.3. The molecule has 4 aromatic rings. The van der Waals surface area contributed by atoms with Gasteiger partial charge in [0.2, 0.25) is 0 Å². The van der Waals surface area contributed by atoms with Gasteiger partial charge < -0.3 is 15.0 Å². The van der Waals surface area contributed by atoms with Gasteiger partial charge in [-0.05, 0) is 63.3 Å². The lowest BCUT2D eigenvalue weighted by Crippen LogP contribution is -2.27. The molecule has 37 heavy (non-hydrogen) atoms. The van der Waals surface area contributed by atoms with Gasteiger partial charge in [0.15, 0.2) is 0 Å². The van der Waals surface area contributed by atoms with Gasteiger partial charge in [0.25, 0.3) is 5.91 Å². The predicted octanol–water partition coefficient (Wildman–Crippen LogP) is 4.75. The number of carbonyl (C=O) groups excluding carboxylic acids is 1. The maximum Gasteiger partial charge on any atom is 0.252 e. The fraction of sp³-hybridized carbons (Fsp3) is 0.310. The summed E-state index contributed by atoms with van der Waals surface area (Å²) in [4.78, 5) is 20.2. The van der Waals surface area contributed by atoms with Gasteiger partial charge >= 0.3 is 0 Å². The van der Waals surface area contributed by atoms with E-state index in [4.69, 9.17) is 15.0 Å². The Kier molecular flexibility index (Phi) is 8.16. The van der Waals surface area contributed by atoms with Crippen LogP contribution in [0.4, 0.5) is 0 Å². The average Bonchev–Trinajstić information content (AvgIpc) is 3.36. The van der Waals surface area contributed by atoms with Crippen molar-refractivity contribution in [3.05, 3.63) is 77.6 Å². The highest BCUT2D eigenvalue weighted by molar-refractivity contribution is 5.96. The number of nitriles is 1. The van der Waals surface area contributed by atoms with Gasteiger partial charge in [0.1, 0.15) is 12.4 Å². The molecule has 0 aliphatic heterocycles. The van der Waals surface area contributed by atoms with Crippen molar-refractivity contribution in [3.63, 3.8) is 0 Å². The van der Waals surface area contributed by atoms with Crippen LogP contribution in [0.5, 0.6) is 5.75 Å². The number of pyridine rings is 1. The van der Waals surface area contributed by atoms with Gasteiger partial charge in [-0.15, -0.1) is 0 Å². The van der Waals surface area contributed by atoms with Crippen molar-refractivity contribution in [1.29, 1.82) is 5.26 Å². The Morgan fingerprint density at radius 3 is 2.81 bits per heavy atom. The molecule has 190 valence electrons. The topological polar surface area (TPSA) is 96.1 Å². The van der Waals surface area contributed by atoms with Crippen LogP contribution in [-0.4, -0.2) is 52.8 Å². The zero-order valence-corrected chi connectivity index (χ0v) is 21.7. The number of nitrogens with zero attached hydrogens (tertiary/aromatic N) is 5. The van der Waals surface area contributed by atoms with E-state index in [1.54, 1.807) is 16.9 Å². The van der Waals surface area contributed by atoms with Crippen LogP contribution in [0.3, 0.4) is 0 Å². The van der Waals surface area contributed by atoms with E-state index in [0.717, 1.165) is 39.8 Å². The van der Waals surface area contributed by atoms with Crippen molar-refractivity contribution in [2.75, 3.05) is 27.2 Å². The molecule has 0 spiro atoms. The summed E-state index contributed by atoms with van der Waals surface area (Å²) in [7, 11) is 3.99. The molecule has 2 aromatic heterocycles. The van der Waals surface area contributed by atoms with Crippen molar-refractivity contribution in [2.24, 2.45) is 0 Å². The number of para-hydroxylation sites is 1. The Labute approximate surface area is 217 Å². The molecule has 2 heterocycles. The number of amides is 1. The molecule has 2 aromatic carbocycles. The van der Waals surface area contributed by atoms with Gasteiger partial charge in [-0.3, -0.25) is 9.48 Å². The van der Waals surface area contributed by atoms with Crippen LogP contribution in [0.2, 0.25) is 0 Å². The minimum atomic E-state index is -0.273. The van der Waals surface area contributed by atoms with Crippen LogP contribution < -0.4 is 10.1 Å². The molecular formula is C29H32N6O2. The first kappa shape index (κ1) is 25.9. The van der Waals surface area contributed by atoms with E-state index in [-0.39, 0.29) is 11.9 Å². The van der Waals surface area contributed by atoms with Crippen LogP contribution in [0.15, 0.2) is 60.9 Å². The minimum absolute atomic E-state index is 0.158. The highest BCUT2D eigenvalue weighted by atomic mass is 16.5. The zero-order chi connectivity index (χ0) is 26.4. The highest BCUT2D eigenvalue weighted by Gasteiger charge is 2.18. The molecule has 0 fully saturated rings. The quantitative estimate of drug-likeness (QED) is 0.340. The Morgan fingerprint density at radius 2 is 2.03 bits per heavy atom. The lowest BCUT2D eigenvalue weighted by Gasteiger charge is -2.19. The largest absolute Gasteiger partial charge is 0.492 e. The van der Waals surface area contributed by atoms with Crippen molar-refractivity contribution >= 4 is 16.8 Å². The van der Waals surface area contributed by atoms with Gasteiger partial charge in [0, 0.05) is 29.3 Å². The summed E-state index contributed by atoms with van der Waals surface area (Å²) in [5.41, 5.74) is 4.91. The van der Waals surface area contributed by atoms with Gasteiger partial charge in [-0.25, -0.2) is 4.98 Å². The third-order valence-corrected chi connectivity index (χ3v) is 6.20. The van der Waals surface area contributed by atoms with Crippen LogP contribution in [0.25, 0.3) is 22.2 Å². The second-order valence-corrected chi connectivity index (χ2v) is 9.34. The number of hydrogen-bond donors (Lipinski definition) is 1. The summed E-state index contributed by atoms with van der Waals surface area (Å²) in [6.07, 6.45) is 4.04. The fourth-order valence-corrected chi connectivity index (χ4v) is 4.12. The van der Waals surface area contributed by atoms with Crippen molar-refractivity contribution in [1.82, 2.24) is 25.0 Å². The van der Waals surface area contributed by atoms with E-state index >= 15 is 0 Å². The summed E-state index contributed by atoms with van der Waals surface area (Å²) in [5, 5.41) is 17.4. The third-order valence-electron chi connectivity index (χ3n) is 6.20. The molecule has 0 unspecified atom stereocenters. The number of aromatic nitrogens is 3. The van der Waals surface area contributed by atoms with E-state index in [9.17, 15) is 4.79 Å². The number of fused-ring (bicyclic) bond motifs is 1. The number of likely N-dealkylation sites (N-methyl/N-ethyl adjacent to an activating group) is 1. The molecule has 1 amide bonds. The molecule has 0 saturated heterocycles. The van der Waals surface area contributed by atoms with Crippen molar-refractivity contribution in [3.8, 4) is 23.1 Å². The molecule has 0 radical (unpaired) electrons. The van der Waals surface area contributed by atoms with Gasteiger partial charge in [-0.2, -0.15) is 10.4 Å². The summed E-state index contributed by atoms with van der Waals surface area (Å²) in [6.45, 7) is 5.77. The number of aryl methyl sites for hydroxylation is 2. The molecule has 4 rings (SSSR count). The van der Waals surface area contributed by atoms with E-state index in [1.165, 1.54) is 0 Å². The SMILES string of the molecule is Cc1ccc(OCCN(C)C)cc1C(=O)N[C@H](C)c1cc(-c2cnn(CCC#N)c2)nc2ccccc12. The predicted molar refractivity (Wildman–Crippen MR) is 144 cm³/mol. The van der Waals surface area contributed by atoms with Crippen molar-refractivity contribution in [2.45, 2.75) is 32.9 Å². The van der Waals surface area contributed by atoms with Gasteiger partial charge in [-0.1, -0.05) is 24.3 Å². The van der Waals surface area contributed by atoms with Gasteiger partial charge in [0.05, 0.1) is 42.5 Å². The van der Waals surface area contributed by atoms with Crippen molar-refractivity contribution < 1.29 is 9.53 Å². The van der Waals surface area contributed by atoms with E-state index in [2.05, 4.69) is 16.5 Å². The van der Waals surface area contributed by atoms with Crippen LogP contribution in [0.1, 0.15) is 40.9 Å². The number of rotatable bonds is 10. The van der Waals surface area contributed by atoms with E-state index in [0.29, 0.717) is 30.9 Å². The molecule has 0 aliphatic rings. The molecule has 1 N–H and O–H groups in total. The third kappa shape index (κ3) is 6.32. The minimum Gasteiger partial charge on any atom is -0.492 e. The summed E-state index contributed by atoms with van der Waals surface area (Å²) in [6, 6.07) is 17.4. The average molecular weight is 497 g/mol. The van der Waals surface area contributed by atoms with Crippen LogP contribution >= 0.6 is 0 Å². The van der Waals surface area contributed by atoms with Crippen LogP contribution in [0, 0.1) is 18.3 Å². The second kappa shape index (κ2) is 11.7. The number of nitrogens with one attached hydrogen (secondary N) is 1. The maximum absolute atomic E-state index is 13.3. The lowest BCUT2D eigenvalue weighted by atomic mass is 9.99. The summed E-state index contributed by atoms with van der Waals surface area (Å²) < 4.78 is 7.59. The lowest BCUT2D eigenvalue weighted by molar-refractivity contribution is 0.0939. The Morgan fingerprint density at radius 1 is 1.22 bits per heavy atom. The second-order valence-electron chi connectivity index (χ2n) is 9.34. The van der Waals surface area contributed by atoms with E-state index < -0.39 is 0 Å². The maximum atomic E-state index is 13.3. The molecule has 8 heteroatoms. The van der Waals surface area contributed by atoms with E-state index in [1.807, 2.05) is 81.5 Å². The summed E-state index contributed by atoms with van der Waals surface area (Å²) in [5.74, 6) is 0.519. The fourth-order valence-electron chi connectivity index (χ4n) is 4.12. The Balaban J connectivity index is 1.60. The normalized spacial score (nSPS) is 11.9. The van der Waals surface area contributed by atoms with Crippen LogP contribution in [-0.2, 0) is 6.54 Å². The number of ether oxygens (including phenoxy) is 1. The number of carbonyl (C=O) groups is 1.